The molecule has 0 saturated heterocycles. The molecule has 0 aliphatic carbocycles. The largest absolute Gasteiger partial charge is 0.497 e. The molecule has 5 N–H and O–H groups in total. The number of aromatic nitrogens is 2. The Morgan fingerprint density at radius 2 is 1.44 bits per heavy atom. The molecule has 5 rings (SSSR count). The molecule has 14 heteroatoms. The highest BCUT2D eigenvalue weighted by Crippen LogP contribution is 2.36. The van der Waals surface area contributed by atoms with Gasteiger partial charge < -0.3 is 54.8 Å². The van der Waals surface area contributed by atoms with Crippen LogP contribution in [0.1, 0.15) is 19.4 Å². The molecule has 14 nitrogen and oxygen atoms in total. The maximum absolute atomic E-state index is 13.2. The molecule has 0 atom stereocenters. The van der Waals surface area contributed by atoms with Crippen LogP contribution in [-0.4, -0.2) is 83.5 Å². The first-order chi connectivity index (χ1) is 26.2. The Kier molecular flexibility index (Phi) is 14.2. The van der Waals surface area contributed by atoms with Gasteiger partial charge in [0.05, 0.1) is 58.6 Å². The number of amides is 2. The van der Waals surface area contributed by atoms with Crippen LogP contribution < -0.4 is 40.6 Å². The van der Waals surface area contributed by atoms with Gasteiger partial charge in [-0.25, -0.2) is 9.78 Å². The number of carbonyl (C=O) groups excluding carboxylic acids is 1. The van der Waals surface area contributed by atoms with E-state index in [4.69, 9.17) is 38.9 Å². The summed E-state index contributed by atoms with van der Waals surface area (Å²) in [6.45, 7) is 7.34. The molecule has 0 fully saturated rings. The third-order valence-electron chi connectivity index (χ3n) is 8.39. The van der Waals surface area contributed by atoms with Gasteiger partial charge in [-0.05, 0) is 29.8 Å². The molecule has 0 radical (unpaired) electrons. The van der Waals surface area contributed by atoms with E-state index in [0.29, 0.717) is 98.1 Å². The zero-order chi connectivity index (χ0) is 38.3. The number of carbonyl (C=O) groups is 1. The van der Waals surface area contributed by atoms with Gasteiger partial charge in [0.25, 0.3) is 0 Å². The van der Waals surface area contributed by atoms with Gasteiger partial charge >= 0.3 is 6.03 Å². The normalized spacial score (nSPS) is 11.2. The maximum atomic E-state index is 13.2. The average molecular weight is 741 g/mol. The van der Waals surface area contributed by atoms with E-state index < -0.39 is 6.03 Å². The molecule has 1 heterocycles. The van der Waals surface area contributed by atoms with Crippen molar-refractivity contribution >= 4 is 39.8 Å². The molecule has 0 saturated carbocycles. The summed E-state index contributed by atoms with van der Waals surface area (Å²) in [5.41, 5.74) is 8.50. The lowest BCUT2D eigenvalue weighted by molar-refractivity contribution is 0.0179. The quantitative estimate of drug-likeness (QED) is 0.0597. The summed E-state index contributed by atoms with van der Waals surface area (Å²) in [5, 5.41) is 10.6. The summed E-state index contributed by atoms with van der Waals surface area (Å²) in [6.07, 6.45) is 1.60. The van der Waals surface area contributed by atoms with E-state index in [0.717, 1.165) is 16.3 Å². The van der Waals surface area contributed by atoms with Crippen LogP contribution in [0.25, 0.3) is 10.8 Å². The van der Waals surface area contributed by atoms with Crippen LogP contribution in [0.5, 0.6) is 28.9 Å². The number of benzene rings is 4. The standard InChI is InChI=1S/C40H48N6O8/c1-40(2,26-41)27-10-11-34(36(22-27)50-5)45-39(47)44-33-12-13-35(32-9-7-6-8-31(32)33)54-37-14-15-42-38(46-37)43-28-23-29(49-4)25-30(24-28)53-21-20-52-19-18-51-17-16-48-3/h6-15,22-25H,16-21,26,41H2,1-5H3,(H,42,43,46)(H2,44,45,47). The molecule has 5 aromatic rings. The molecule has 0 spiro atoms. The molecule has 0 aliphatic rings. The topological polar surface area (TPSA) is 170 Å². The molecule has 2 amide bonds. The highest BCUT2D eigenvalue weighted by atomic mass is 16.6. The minimum Gasteiger partial charge on any atom is -0.497 e. The van der Waals surface area contributed by atoms with Crippen molar-refractivity contribution in [1.82, 2.24) is 9.97 Å². The van der Waals surface area contributed by atoms with Gasteiger partial charge in [0.15, 0.2) is 0 Å². The molecule has 0 bridgehead atoms. The van der Waals surface area contributed by atoms with E-state index >= 15 is 0 Å². The van der Waals surface area contributed by atoms with E-state index in [1.165, 1.54) is 0 Å². The molecule has 54 heavy (non-hydrogen) atoms. The highest BCUT2D eigenvalue weighted by molar-refractivity contribution is 6.08. The number of hydrogen-bond acceptors (Lipinski definition) is 12. The Labute approximate surface area is 315 Å². The molecular formula is C40H48N6O8. The van der Waals surface area contributed by atoms with Crippen molar-refractivity contribution in [2.45, 2.75) is 19.3 Å². The first-order valence-electron chi connectivity index (χ1n) is 17.5. The third-order valence-corrected chi connectivity index (χ3v) is 8.39. The van der Waals surface area contributed by atoms with Gasteiger partial charge in [-0.1, -0.05) is 44.2 Å². The van der Waals surface area contributed by atoms with Crippen molar-refractivity contribution in [2.75, 3.05) is 83.5 Å². The van der Waals surface area contributed by atoms with Crippen LogP contribution in [0.15, 0.2) is 85.1 Å². The van der Waals surface area contributed by atoms with E-state index in [1.54, 1.807) is 57.9 Å². The van der Waals surface area contributed by atoms with Crippen molar-refractivity contribution in [2.24, 2.45) is 5.73 Å². The van der Waals surface area contributed by atoms with Gasteiger partial charge in [0, 0.05) is 66.0 Å². The number of ether oxygens (including phenoxy) is 7. The minimum atomic E-state index is -0.427. The molecular weight excluding hydrogens is 692 g/mol. The second kappa shape index (κ2) is 19.4. The SMILES string of the molecule is COCCOCCOCCOc1cc(Nc2nccc(Oc3ccc(NC(=O)Nc4ccc(C(C)(C)CN)cc4OC)c4ccccc34)n2)cc(OC)c1. The Morgan fingerprint density at radius 1 is 0.741 bits per heavy atom. The molecule has 4 aromatic carbocycles. The van der Waals surface area contributed by atoms with Gasteiger partial charge in [0.2, 0.25) is 11.8 Å². The Morgan fingerprint density at radius 3 is 2.19 bits per heavy atom. The number of urea groups is 1. The number of anilines is 4. The number of fused-ring (bicyclic) bond motifs is 1. The number of nitrogens with two attached hydrogens (primary N) is 1. The van der Waals surface area contributed by atoms with Gasteiger partial charge in [0.1, 0.15) is 29.6 Å². The van der Waals surface area contributed by atoms with Crippen LogP contribution >= 0.6 is 0 Å². The Hall–Kier alpha value is -5.67. The predicted molar refractivity (Wildman–Crippen MR) is 209 cm³/mol. The van der Waals surface area contributed by atoms with E-state index in [-0.39, 0.29) is 5.41 Å². The summed E-state index contributed by atoms with van der Waals surface area (Å²) >= 11 is 0. The summed E-state index contributed by atoms with van der Waals surface area (Å²) < 4.78 is 39.1. The fraction of sp³-hybridized carbons (Fsp3) is 0.325. The van der Waals surface area contributed by atoms with Crippen LogP contribution in [-0.2, 0) is 19.6 Å². The zero-order valence-corrected chi connectivity index (χ0v) is 31.3. The number of rotatable bonds is 20. The van der Waals surface area contributed by atoms with Crippen molar-refractivity contribution in [3.05, 3.63) is 90.6 Å². The van der Waals surface area contributed by atoms with Gasteiger partial charge in [-0.2, -0.15) is 4.98 Å². The van der Waals surface area contributed by atoms with Gasteiger partial charge in [-0.3, -0.25) is 0 Å². The summed E-state index contributed by atoms with van der Waals surface area (Å²) in [7, 11) is 4.78. The predicted octanol–water partition coefficient (Wildman–Crippen LogP) is 7.12. The van der Waals surface area contributed by atoms with Gasteiger partial charge in [-0.15, -0.1) is 0 Å². The fourth-order valence-corrected chi connectivity index (χ4v) is 5.31. The number of hydrogen-bond donors (Lipinski definition) is 4. The third kappa shape index (κ3) is 10.9. The highest BCUT2D eigenvalue weighted by Gasteiger charge is 2.21. The lowest BCUT2D eigenvalue weighted by atomic mass is 9.84. The molecule has 1 aromatic heterocycles. The Balaban J connectivity index is 1.23. The van der Waals surface area contributed by atoms with Crippen LogP contribution in [0.3, 0.4) is 0 Å². The van der Waals surface area contributed by atoms with Crippen LogP contribution in [0.4, 0.5) is 27.8 Å². The van der Waals surface area contributed by atoms with Crippen LogP contribution in [0, 0.1) is 0 Å². The lowest BCUT2D eigenvalue weighted by Crippen LogP contribution is -2.28. The average Bonchev–Trinajstić information content (AvgIpc) is 3.18. The summed E-state index contributed by atoms with van der Waals surface area (Å²) in [6, 6.07) is 23.4. The van der Waals surface area contributed by atoms with Crippen molar-refractivity contribution in [3.63, 3.8) is 0 Å². The van der Waals surface area contributed by atoms with Crippen LogP contribution in [0.2, 0.25) is 0 Å². The van der Waals surface area contributed by atoms with E-state index in [2.05, 4.69) is 39.8 Å². The summed E-state index contributed by atoms with van der Waals surface area (Å²) in [5.74, 6) is 2.87. The van der Waals surface area contributed by atoms with E-state index in [1.807, 2.05) is 48.5 Å². The van der Waals surface area contributed by atoms with Crippen molar-refractivity contribution in [3.8, 4) is 28.9 Å². The minimum absolute atomic E-state index is 0.242. The second-order valence-corrected chi connectivity index (χ2v) is 12.6. The molecule has 286 valence electrons. The fourth-order valence-electron chi connectivity index (χ4n) is 5.31. The first kappa shape index (κ1) is 39.5. The Bertz CT molecular complexity index is 1990. The number of nitrogens with zero attached hydrogens (tertiary/aromatic N) is 2. The van der Waals surface area contributed by atoms with E-state index in [9.17, 15) is 4.79 Å². The maximum Gasteiger partial charge on any atom is 0.323 e. The second-order valence-electron chi connectivity index (χ2n) is 12.6. The number of nitrogens with one attached hydrogen (secondary N) is 3. The zero-order valence-electron chi connectivity index (χ0n) is 31.3. The molecule has 0 unspecified atom stereocenters. The van der Waals surface area contributed by atoms with Crippen molar-refractivity contribution < 1.29 is 38.0 Å². The smallest absolute Gasteiger partial charge is 0.323 e. The monoisotopic (exact) mass is 740 g/mol. The van der Waals surface area contributed by atoms with Crippen molar-refractivity contribution in [1.29, 1.82) is 0 Å². The lowest BCUT2D eigenvalue weighted by Gasteiger charge is -2.24. The summed E-state index contributed by atoms with van der Waals surface area (Å²) in [4.78, 5) is 22.1. The first-order valence-corrected chi connectivity index (χ1v) is 17.5. The number of methoxy groups -OCH3 is 3. The molecule has 0 aliphatic heterocycles.